The fourth-order valence-corrected chi connectivity index (χ4v) is 2.24. The second-order valence-corrected chi connectivity index (χ2v) is 4.46. The van der Waals surface area contributed by atoms with Crippen LogP contribution < -0.4 is 10.2 Å². The van der Waals surface area contributed by atoms with Crippen molar-refractivity contribution < 1.29 is 9.59 Å². The van der Waals surface area contributed by atoms with Crippen LogP contribution in [0.25, 0.3) is 0 Å². The standard InChI is InChI=1S/C14H18N2O2/c1-2-16(12-6-4-3-5-7-12)14(18)11-8-9-13(17)15-10-11/h3-7,11H,2,8-10H2,1H3,(H,15,17). The molecule has 4 heteroatoms. The van der Waals surface area contributed by atoms with Crippen molar-refractivity contribution in [2.24, 2.45) is 5.92 Å². The molecule has 1 aromatic carbocycles. The summed E-state index contributed by atoms with van der Waals surface area (Å²) in [6, 6.07) is 9.65. The van der Waals surface area contributed by atoms with E-state index in [4.69, 9.17) is 0 Å². The van der Waals surface area contributed by atoms with E-state index in [1.165, 1.54) is 0 Å². The fraction of sp³-hybridized carbons (Fsp3) is 0.429. The van der Waals surface area contributed by atoms with E-state index in [2.05, 4.69) is 5.32 Å². The summed E-state index contributed by atoms with van der Waals surface area (Å²) in [5, 5.41) is 2.76. The monoisotopic (exact) mass is 246 g/mol. The molecule has 1 N–H and O–H groups in total. The van der Waals surface area contributed by atoms with E-state index in [1.54, 1.807) is 4.90 Å². The number of rotatable bonds is 3. The van der Waals surface area contributed by atoms with Gasteiger partial charge in [-0.25, -0.2) is 0 Å². The van der Waals surface area contributed by atoms with Crippen LogP contribution in [0, 0.1) is 5.92 Å². The highest BCUT2D eigenvalue weighted by Gasteiger charge is 2.28. The largest absolute Gasteiger partial charge is 0.355 e. The van der Waals surface area contributed by atoms with Crippen LogP contribution in [0.4, 0.5) is 5.69 Å². The highest BCUT2D eigenvalue weighted by atomic mass is 16.2. The van der Waals surface area contributed by atoms with Crippen molar-refractivity contribution in [1.82, 2.24) is 5.32 Å². The Kier molecular flexibility index (Phi) is 3.97. The van der Waals surface area contributed by atoms with Gasteiger partial charge in [0, 0.05) is 25.2 Å². The third-order valence-electron chi connectivity index (χ3n) is 3.26. The summed E-state index contributed by atoms with van der Waals surface area (Å²) >= 11 is 0. The molecule has 0 radical (unpaired) electrons. The molecule has 1 unspecified atom stereocenters. The highest BCUT2D eigenvalue weighted by molar-refractivity contribution is 5.96. The third kappa shape index (κ3) is 2.70. The van der Waals surface area contributed by atoms with E-state index in [0.29, 0.717) is 25.9 Å². The second-order valence-electron chi connectivity index (χ2n) is 4.46. The van der Waals surface area contributed by atoms with Crippen molar-refractivity contribution in [3.63, 3.8) is 0 Å². The summed E-state index contributed by atoms with van der Waals surface area (Å²) in [5.41, 5.74) is 0.918. The predicted molar refractivity (Wildman–Crippen MR) is 70.2 cm³/mol. The van der Waals surface area contributed by atoms with E-state index < -0.39 is 0 Å². The van der Waals surface area contributed by atoms with Crippen molar-refractivity contribution in [2.45, 2.75) is 19.8 Å². The molecular weight excluding hydrogens is 228 g/mol. The number of carbonyl (C=O) groups is 2. The Morgan fingerprint density at radius 3 is 2.67 bits per heavy atom. The molecule has 2 amide bonds. The first-order valence-corrected chi connectivity index (χ1v) is 6.35. The number of hydrogen-bond acceptors (Lipinski definition) is 2. The fourth-order valence-electron chi connectivity index (χ4n) is 2.24. The maximum atomic E-state index is 12.4. The van der Waals surface area contributed by atoms with E-state index in [9.17, 15) is 9.59 Å². The molecule has 0 aliphatic carbocycles. The SMILES string of the molecule is CCN(C(=O)C1CCC(=O)NC1)c1ccccc1. The van der Waals surface area contributed by atoms with Gasteiger partial charge < -0.3 is 10.2 Å². The zero-order valence-corrected chi connectivity index (χ0v) is 10.6. The molecule has 4 nitrogen and oxygen atoms in total. The minimum Gasteiger partial charge on any atom is -0.355 e. The van der Waals surface area contributed by atoms with Gasteiger partial charge in [-0.2, -0.15) is 0 Å². The number of para-hydroxylation sites is 1. The minimum atomic E-state index is -0.0946. The van der Waals surface area contributed by atoms with Gasteiger partial charge in [-0.3, -0.25) is 9.59 Å². The molecule has 1 aliphatic heterocycles. The van der Waals surface area contributed by atoms with Crippen LogP contribution >= 0.6 is 0 Å². The molecule has 1 aliphatic rings. The lowest BCUT2D eigenvalue weighted by Gasteiger charge is -2.28. The first-order valence-electron chi connectivity index (χ1n) is 6.35. The Labute approximate surface area is 107 Å². The van der Waals surface area contributed by atoms with Crippen molar-refractivity contribution in [3.05, 3.63) is 30.3 Å². The summed E-state index contributed by atoms with van der Waals surface area (Å²) in [5.74, 6) is 0.0494. The van der Waals surface area contributed by atoms with E-state index in [1.807, 2.05) is 37.3 Å². The Morgan fingerprint density at radius 1 is 1.39 bits per heavy atom. The van der Waals surface area contributed by atoms with Crippen LogP contribution in [0.15, 0.2) is 30.3 Å². The lowest BCUT2D eigenvalue weighted by Crippen LogP contribution is -2.45. The maximum absolute atomic E-state index is 12.4. The van der Waals surface area contributed by atoms with Crippen LogP contribution in [-0.2, 0) is 9.59 Å². The number of amides is 2. The van der Waals surface area contributed by atoms with Gasteiger partial charge in [0.15, 0.2) is 0 Å². The molecule has 1 saturated heterocycles. The maximum Gasteiger partial charge on any atom is 0.231 e. The first-order chi connectivity index (χ1) is 8.72. The summed E-state index contributed by atoms with van der Waals surface area (Å²) in [6.45, 7) is 3.07. The van der Waals surface area contributed by atoms with Crippen LogP contribution in [-0.4, -0.2) is 24.9 Å². The summed E-state index contributed by atoms with van der Waals surface area (Å²) in [7, 11) is 0. The molecule has 1 atom stereocenters. The number of carbonyl (C=O) groups excluding carboxylic acids is 2. The molecule has 1 heterocycles. The Hall–Kier alpha value is -1.84. The van der Waals surface area contributed by atoms with Crippen LogP contribution in [0.1, 0.15) is 19.8 Å². The summed E-state index contributed by atoms with van der Waals surface area (Å²) in [4.78, 5) is 25.3. The lowest BCUT2D eigenvalue weighted by molar-refractivity contribution is -0.127. The Morgan fingerprint density at radius 2 is 2.11 bits per heavy atom. The van der Waals surface area contributed by atoms with Crippen molar-refractivity contribution in [3.8, 4) is 0 Å². The topological polar surface area (TPSA) is 49.4 Å². The number of nitrogens with one attached hydrogen (secondary N) is 1. The normalized spacial score (nSPS) is 19.2. The number of benzene rings is 1. The molecular formula is C14H18N2O2. The smallest absolute Gasteiger partial charge is 0.231 e. The molecule has 0 saturated carbocycles. The summed E-state index contributed by atoms with van der Waals surface area (Å²) in [6.07, 6.45) is 1.09. The highest BCUT2D eigenvalue weighted by Crippen LogP contribution is 2.19. The zero-order chi connectivity index (χ0) is 13.0. The van der Waals surface area contributed by atoms with Gasteiger partial charge in [-0.05, 0) is 25.5 Å². The minimum absolute atomic E-state index is 0.0433. The van der Waals surface area contributed by atoms with Crippen LogP contribution in [0.2, 0.25) is 0 Å². The van der Waals surface area contributed by atoms with Gasteiger partial charge in [0.1, 0.15) is 0 Å². The molecule has 1 aromatic rings. The van der Waals surface area contributed by atoms with Crippen LogP contribution in [0.3, 0.4) is 0 Å². The third-order valence-corrected chi connectivity index (χ3v) is 3.26. The lowest BCUT2D eigenvalue weighted by atomic mass is 9.97. The number of anilines is 1. The molecule has 96 valence electrons. The number of piperidine rings is 1. The first kappa shape index (κ1) is 12.6. The Balaban J connectivity index is 2.09. The molecule has 2 rings (SSSR count). The van der Waals surface area contributed by atoms with Gasteiger partial charge in [0.05, 0.1) is 5.92 Å². The van der Waals surface area contributed by atoms with Gasteiger partial charge >= 0.3 is 0 Å². The van der Waals surface area contributed by atoms with Crippen molar-refractivity contribution >= 4 is 17.5 Å². The van der Waals surface area contributed by atoms with Gasteiger partial charge in [-0.1, -0.05) is 18.2 Å². The zero-order valence-electron chi connectivity index (χ0n) is 10.6. The van der Waals surface area contributed by atoms with Crippen molar-refractivity contribution in [2.75, 3.05) is 18.0 Å². The predicted octanol–water partition coefficient (Wildman–Crippen LogP) is 1.57. The van der Waals surface area contributed by atoms with E-state index in [-0.39, 0.29) is 17.7 Å². The molecule has 18 heavy (non-hydrogen) atoms. The van der Waals surface area contributed by atoms with Gasteiger partial charge in [0.2, 0.25) is 11.8 Å². The molecule has 0 spiro atoms. The average molecular weight is 246 g/mol. The number of hydrogen-bond donors (Lipinski definition) is 1. The van der Waals surface area contributed by atoms with E-state index in [0.717, 1.165) is 5.69 Å². The molecule has 0 aromatic heterocycles. The second kappa shape index (κ2) is 5.67. The van der Waals surface area contributed by atoms with Gasteiger partial charge in [-0.15, -0.1) is 0 Å². The molecule has 0 bridgehead atoms. The average Bonchev–Trinajstić information content (AvgIpc) is 2.41. The quantitative estimate of drug-likeness (QED) is 0.880. The Bertz CT molecular complexity index is 421. The molecule has 1 fully saturated rings. The van der Waals surface area contributed by atoms with Crippen molar-refractivity contribution in [1.29, 1.82) is 0 Å². The number of nitrogens with zero attached hydrogens (tertiary/aromatic N) is 1. The summed E-state index contributed by atoms with van der Waals surface area (Å²) < 4.78 is 0. The van der Waals surface area contributed by atoms with E-state index >= 15 is 0 Å². The van der Waals surface area contributed by atoms with Gasteiger partial charge in [0.25, 0.3) is 0 Å². The van der Waals surface area contributed by atoms with Crippen LogP contribution in [0.5, 0.6) is 0 Å².